The summed E-state index contributed by atoms with van der Waals surface area (Å²) in [7, 11) is 0. The highest BCUT2D eigenvalue weighted by atomic mass is 16.5. The van der Waals surface area contributed by atoms with Crippen LogP contribution >= 0.6 is 0 Å². The molecule has 1 aromatic carbocycles. The van der Waals surface area contributed by atoms with Gasteiger partial charge in [0, 0.05) is 37.0 Å². The molecule has 0 amide bonds. The van der Waals surface area contributed by atoms with Gasteiger partial charge in [-0.2, -0.15) is 0 Å². The Morgan fingerprint density at radius 2 is 1.85 bits per heavy atom. The number of H-pyrrole nitrogens is 1. The van der Waals surface area contributed by atoms with E-state index in [1.165, 1.54) is 31.2 Å². The van der Waals surface area contributed by atoms with Gasteiger partial charge in [0.25, 0.3) is 5.56 Å². The quantitative estimate of drug-likeness (QED) is 0.898. The molecule has 0 unspecified atom stereocenters. The average molecular weight is 353 g/mol. The molecule has 0 bridgehead atoms. The van der Waals surface area contributed by atoms with Gasteiger partial charge in [-0.3, -0.25) is 9.69 Å². The van der Waals surface area contributed by atoms with Gasteiger partial charge in [0.2, 0.25) is 0 Å². The molecular formula is C21H27N3O2. The van der Waals surface area contributed by atoms with Crippen molar-refractivity contribution in [3.8, 4) is 11.4 Å². The van der Waals surface area contributed by atoms with Gasteiger partial charge < -0.3 is 9.72 Å². The van der Waals surface area contributed by atoms with Crippen LogP contribution in [0.4, 0.5) is 0 Å². The molecule has 0 radical (unpaired) electrons. The van der Waals surface area contributed by atoms with Gasteiger partial charge in [-0.05, 0) is 17.9 Å². The maximum absolute atomic E-state index is 12.1. The molecule has 0 spiro atoms. The largest absolute Gasteiger partial charge is 0.379 e. The number of aromatic amines is 1. The molecular weight excluding hydrogens is 326 g/mol. The molecule has 1 aliphatic heterocycles. The predicted molar refractivity (Wildman–Crippen MR) is 102 cm³/mol. The molecule has 5 heteroatoms. The third-order valence-electron chi connectivity index (χ3n) is 5.50. The summed E-state index contributed by atoms with van der Waals surface area (Å²) in [6.45, 7) is 4.54. The highest BCUT2D eigenvalue weighted by Crippen LogP contribution is 2.27. The first-order valence-corrected chi connectivity index (χ1v) is 9.76. The molecule has 0 atom stereocenters. The number of nitrogens with one attached hydrogen (secondary N) is 1. The standard InChI is InChI=1S/C21H27N3O2/c25-20-14-19(13-16-3-1-2-4-16)22-21(23-20)18-7-5-17(6-8-18)15-24-9-11-26-12-10-24/h5-8,14,16H,1-4,9-13,15H2,(H,22,23,25). The fourth-order valence-electron chi connectivity index (χ4n) is 4.04. The minimum absolute atomic E-state index is 0.0552. The van der Waals surface area contributed by atoms with Gasteiger partial charge in [-0.15, -0.1) is 0 Å². The highest BCUT2D eigenvalue weighted by Gasteiger charge is 2.17. The van der Waals surface area contributed by atoms with Crippen LogP contribution in [0.1, 0.15) is 36.9 Å². The van der Waals surface area contributed by atoms with E-state index >= 15 is 0 Å². The summed E-state index contributed by atoms with van der Waals surface area (Å²) in [4.78, 5) is 22.1. The SMILES string of the molecule is O=c1cc(CC2CCCC2)nc(-c2ccc(CN3CCOCC3)cc2)[nH]1. The second kappa shape index (κ2) is 8.14. The summed E-state index contributed by atoms with van der Waals surface area (Å²) in [5, 5.41) is 0. The minimum Gasteiger partial charge on any atom is -0.379 e. The first-order valence-electron chi connectivity index (χ1n) is 9.76. The van der Waals surface area contributed by atoms with Crippen molar-refractivity contribution in [3.63, 3.8) is 0 Å². The van der Waals surface area contributed by atoms with Crippen molar-refractivity contribution >= 4 is 0 Å². The number of hydrogen-bond donors (Lipinski definition) is 1. The van der Waals surface area contributed by atoms with Crippen LogP contribution in [0.5, 0.6) is 0 Å². The lowest BCUT2D eigenvalue weighted by Gasteiger charge is -2.26. The van der Waals surface area contributed by atoms with Gasteiger partial charge in [-0.1, -0.05) is 49.9 Å². The van der Waals surface area contributed by atoms with Crippen LogP contribution < -0.4 is 5.56 Å². The molecule has 2 aliphatic rings. The topological polar surface area (TPSA) is 58.2 Å². The van der Waals surface area contributed by atoms with Crippen LogP contribution in [0.2, 0.25) is 0 Å². The van der Waals surface area contributed by atoms with E-state index in [-0.39, 0.29) is 5.56 Å². The highest BCUT2D eigenvalue weighted by molar-refractivity contribution is 5.55. The van der Waals surface area contributed by atoms with Crippen LogP contribution in [0.25, 0.3) is 11.4 Å². The van der Waals surface area contributed by atoms with Crippen molar-refractivity contribution in [1.29, 1.82) is 0 Å². The molecule has 4 rings (SSSR count). The number of ether oxygens (including phenoxy) is 1. The van der Waals surface area contributed by atoms with Crippen LogP contribution in [0.3, 0.4) is 0 Å². The maximum atomic E-state index is 12.1. The van der Waals surface area contributed by atoms with E-state index in [0.29, 0.717) is 11.7 Å². The van der Waals surface area contributed by atoms with Crippen molar-refractivity contribution in [1.82, 2.24) is 14.9 Å². The zero-order valence-electron chi connectivity index (χ0n) is 15.2. The Morgan fingerprint density at radius 3 is 2.58 bits per heavy atom. The molecule has 2 aromatic rings. The van der Waals surface area contributed by atoms with E-state index in [9.17, 15) is 4.79 Å². The Balaban J connectivity index is 1.47. The zero-order valence-corrected chi connectivity index (χ0v) is 15.2. The molecule has 1 N–H and O–H groups in total. The summed E-state index contributed by atoms with van der Waals surface area (Å²) in [5.41, 5.74) is 3.12. The number of rotatable bonds is 5. The van der Waals surface area contributed by atoms with E-state index in [0.717, 1.165) is 50.5 Å². The Kier molecular flexibility index (Phi) is 5.46. The lowest BCUT2D eigenvalue weighted by Crippen LogP contribution is -2.35. The smallest absolute Gasteiger partial charge is 0.251 e. The predicted octanol–water partition coefficient (Wildman–Crippen LogP) is 3.00. The van der Waals surface area contributed by atoms with E-state index in [4.69, 9.17) is 9.72 Å². The van der Waals surface area contributed by atoms with Crippen molar-refractivity contribution in [2.24, 2.45) is 5.92 Å². The second-order valence-corrected chi connectivity index (χ2v) is 7.53. The van der Waals surface area contributed by atoms with Crippen LogP contribution in [-0.2, 0) is 17.7 Å². The van der Waals surface area contributed by atoms with Crippen molar-refractivity contribution in [2.45, 2.75) is 38.6 Å². The van der Waals surface area contributed by atoms with Crippen molar-refractivity contribution in [2.75, 3.05) is 26.3 Å². The molecule has 1 saturated carbocycles. The summed E-state index contributed by atoms with van der Waals surface area (Å²) < 4.78 is 5.40. The molecule has 1 aliphatic carbocycles. The normalized spacial score (nSPS) is 19.1. The van der Waals surface area contributed by atoms with Crippen molar-refractivity contribution < 1.29 is 4.74 Å². The second-order valence-electron chi connectivity index (χ2n) is 7.53. The monoisotopic (exact) mass is 353 g/mol. The summed E-state index contributed by atoms with van der Waals surface area (Å²) >= 11 is 0. The summed E-state index contributed by atoms with van der Waals surface area (Å²) in [6.07, 6.45) is 6.07. The third kappa shape index (κ3) is 4.40. The molecule has 26 heavy (non-hydrogen) atoms. The molecule has 2 heterocycles. The van der Waals surface area contributed by atoms with Gasteiger partial charge in [-0.25, -0.2) is 4.98 Å². The Labute approximate surface area is 154 Å². The summed E-state index contributed by atoms with van der Waals surface area (Å²) in [6, 6.07) is 10.1. The first-order chi connectivity index (χ1) is 12.8. The molecule has 138 valence electrons. The van der Waals surface area contributed by atoms with Gasteiger partial charge in [0.05, 0.1) is 13.2 Å². The lowest BCUT2D eigenvalue weighted by atomic mass is 10.0. The van der Waals surface area contributed by atoms with Gasteiger partial charge in [0.15, 0.2) is 0 Å². The fraction of sp³-hybridized carbons (Fsp3) is 0.524. The Morgan fingerprint density at radius 1 is 1.12 bits per heavy atom. The van der Waals surface area contributed by atoms with Crippen LogP contribution in [0.15, 0.2) is 35.1 Å². The number of aromatic nitrogens is 2. The van der Waals surface area contributed by atoms with E-state index in [1.807, 2.05) is 0 Å². The van der Waals surface area contributed by atoms with Gasteiger partial charge in [0.1, 0.15) is 5.82 Å². The maximum Gasteiger partial charge on any atom is 0.251 e. The third-order valence-corrected chi connectivity index (χ3v) is 5.50. The number of benzene rings is 1. The zero-order chi connectivity index (χ0) is 17.8. The minimum atomic E-state index is -0.0552. The lowest BCUT2D eigenvalue weighted by molar-refractivity contribution is 0.0342. The number of morpholine rings is 1. The number of nitrogens with zero attached hydrogens (tertiary/aromatic N) is 2. The van der Waals surface area contributed by atoms with Crippen molar-refractivity contribution in [3.05, 3.63) is 51.9 Å². The average Bonchev–Trinajstić information content (AvgIpc) is 3.16. The van der Waals surface area contributed by atoms with E-state index in [2.05, 4.69) is 34.1 Å². The first kappa shape index (κ1) is 17.4. The van der Waals surface area contributed by atoms with Crippen LogP contribution in [-0.4, -0.2) is 41.2 Å². The fourth-order valence-corrected chi connectivity index (χ4v) is 4.04. The van der Waals surface area contributed by atoms with Gasteiger partial charge >= 0.3 is 0 Å². The molecule has 1 saturated heterocycles. The molecule has 5 nitrogen and oxygen atoms in total. The van der Waals surface area contributed by atoms with E-state index < -0.39 is 0 Å². The molecule has 1 aromatic heterocycles. The van der Waals surface area contributed by atoms with E-state index in [1.54, 1.807) is 6.07 Å². The summed E-state index contributed by atoms with van der Waals surface area (Å²) in [5.74, 6) is 1.37. The molecule has 2 fully saturated rings. The Hall–Kier alpha value is -1.98. The Bertz CT molecular complexity index is 773. The van der Waals surface area contributed by atoms with Crippen LogP contribution in [0, 0.1) is 5.92 Å². The number of hydrogen-bond acceptors (Lipinski definition) is 4.